The Bertz CT molecular complexity index is 928. The van der Waals surface area contributed by atoms with E-state index in [1.807, 2.05) is 0 Å². The SMILES string of the molecule is C#Cc1cccc(N(C)S(=O)(=O)c2ccc(C)c(NC(C)=O)c2)c1. The van der Waals surface area contributed by atoms with Crippen molar-refractivity contribution >= 4 is 27.3 Å². The first-order chi connectivity index (χ1) is 11.3. The molecule has 1 N–H and O–H groups in total. The number of carbonyl (C=O) groups excluding carboxylic acids is 1. The van der Waals surface area contributed by atoms with E-state index in [1.165, 1.54) is 26.1 Å². The molecule has 0 heterocycles. The monoisotopic (exact) mass is 342 g/mol. The van der Waals surface area contributed by atoms with E-state index in [2.05, 4.69) is 11.2 Å². The van der Waals surface area contributed by atoms with Crippen molar-refractivity contribution < 1.29 is 13.2 Å². The van der Waals surface area contributed by atoms with Crippen molar-refractivity contribution in [1.82, 2.24) is 0 Å². The Kier molecular flexibility index (Phi) is 4.96. The fourth-order valence-corrected chi connectivity index (χ4v) is 3.39. The van der Waals surface area contributed by atoms with Crippen LogP contribution in [0, 0.1) is 19.3 Å². The van der Waals surface area contributed by atoms with Crippen LogP contribution in [0.1, 0.15) is 18.1 Å². The van der Waals surface area contributed by atoms with Crippen LogP contribution in [0.15, 0.2) is 47.4 Å². The van der Waals surface area contributed by atoms with Crippen LogP contribution in [0.2, 0.25) is 0 Å². The smallest absolute Gasteiger partial charge is 0.264 e. The maximum atomic E-state index is 12.8. The van der Waals surface area contributed by atoms with Crippen LogP contribution in [0.25, 0.3) is 0 Å². The average molecular weight is 342 g/mol. The minimum Gasteiger partial charge on any atom is -0.326 e. The Morgan fingerprint density at radius 3 is 2.54 bits per heavy atom. The standard InChI is InChI=1S/C18H18N2O3S/c1-5-15-7-6-8-16(11-15)20(4)24(22,23)17-10-9-13(2)18(12-17)19-14(3)21/h1,6-12H,2-4H3,(H,19,21). The van der Waals surface area contributed by atoms with Gasteiger partial charge in [0.15, 0.2) is 0 Å². The molecule has 24 heavy (non-hydrogen) atoms. The van der Waals surface area contributed by atoms with Crippen molar-refractivity contribution in [2.75, 3.05) is 16.7 Å². The lowest BCUT2D eigenvalue weighted by atomic mass is 10.2. The van der Waals surface area contributed by atoms with Gasteiger partial charge in [-0.1, -0.05) is 18.1 Å². The van der Waals surface area contributed by atoms with Crippen molar-refractivity contribution in [3.8, 4) is 12.3 Å². The summed E-state index contributed by atoms with van der Waals surface area (Å²) >= 11 is 0. The number of benzene rings is 2. The Balaban J connectivity index is 2.46. The zero-order valence-corrected chi connectivity index (χ0v) is 14.5. The van der Waals surface area contributed by atoms with E-state index >= 15 is 0 Å². The molecule has 124 valence electrons. The predicted octanol–water partition coefficient (Wildman–Crippen LogP) is 2.76. The molecule has 0 saturated carbocycles. The molecule has 0 aliphatic carbocycles. The number of nitrogens with one attached hydrogen (secondary N) is 1. The van der Waals surface area contributed by atoms with Gasteiger partial charge in [0.2, 0.25) is 5.91 Å². The molecule has 2 aromatic carbocycles. The molecule has 0 aromatic heterocycles. The van der Waals surface area contributed by atoms with Crippen molar-refractivity contribution in [3.05, 3.63) is 53.6 Å². The third-order valence-electron chi connectivity index (χ3n) is 3.55. The Morgan fingerprint density at radius 2 is 1.92 bits per heavy atom. The van der Waals surface area contributed by atoms with E-state index in [-0.39, 0.29) is 10.8 Å². The molecule has 5 nitrogen and oxygen atoms in total. The van der Waals surface area contributed by atoms with Crippen molar-refractivity contribution in [1.29, 1.82) is 0 Å². The van der Waals surface area contributed by atoms with E-state index in [1.54, 1.807) is 37.3 Å². The predicted molar refractivity (Wildman–Crippen MR) is 95.4 cm³/mol. The zero-order valence-electron chi connectivity index (χ0n) is 13.7. The van der Waals surface area contributed by atoms with Crippen LogP contribution in [0.5, 0.6) is 0 Å². The fourth-order valence-electron chi connectivity index (χ4n) is 2.17. The van der Waals surface area contributed by atoms with E-state index in [0.29, 0.717) is 16.9 Å². The number of rotatable bonds is 4. The van der Waals surface area contributed by atoms with Crippen LogP contribution in [0.3, 0.4) is 0 Å². The summed E-state index contributed by atoms with van der Waals surface area (Å²) in [6.45, 7) is 3.17. The number of hydrogen-bond acceptors (Lipinski definition) is 3. The number of sulfonamides is 1. The summed E-state index contributed by atoms with van der Waals surface area (Å²) in [7, 11) is -2.32. The highest BCUT2D eigenvalue weighted by Gasteiger charge is 2.22. The molecule has 0 aliphatic heterocycles. The Labute approximate surface area is 142 Å². The normalized spacial score (nSPS) is 10.8. The minimum atomic E-state index is -3.78. The summed E-state index contributed by atoms with van der Waals surface area (Å²) in [6.07, 6.45) is 5.36. The van der Waals surface area contributed by atoms with Crippen molar-refractivity contribution in [3.63, 3.8) is 0 Å². The van der Waals surface area contributed by atoms with E-state index in [4.69, 9.17) is 6.42 Å². The number of aryl methyl sites for hydroxylation is 1. The molecule has 2 aromatic rings. The molecule has 2 rings (SSSR count). The second-order valence-corrected chi connectivity index (χ2v) is 7.29. The summed E-state index contributed by atoms with van der Waals surface area (Å²) < 4.78 is 26.8. The van der Waals surface area contributed by atoms with Gasteiger partial charge in [-0.05, 0) is 42.8 Å². The summed E-state index contributed by atoms with van der Waals surface area (Å²) in [5.74, 6) is 2.22. The van der Waals surface area contributed by atoms with Gasteiger partial charge in [0, 0.05) is 25.2 Å². The summed E-state index contributed by atoms with van der Waals surface area (Å²) in [5.41, 5.74) is 2.31. The minimum absolute atomic E-state index is 0.0884. The lowest BCUT2D eigenvalue weighted by molar-refractivity contribution is -0.114. The quantitative estimate of drug-likeness (QED) is 0.869. The van der Waals surface area contributed by atoms with Crippen molar-refractivity contribution in [2.24, 2.45) is 0 Å². The van der Waals surface area contributed by atoms with Gasteiger partial charge in [-0.15, -0.1) is 6.42 Å². The summed E-state index contributed by atoms with van der Waals surface area (Å²) in [4.78, 5) is 11.4. The number of carbonyl (C=O) groups is 1. The zero-order chi connectivity index (χ0) is 17.9. The maximum absolute atomic E-state index is 12.8. The molecule has 0 aliphatic rings. The van der Waals surface area contributed by atoms with Gasteiger partial charge in [0.25, 0.3) is 10.0 Å². The van der Waals surface area contributed by atoms with Gasteiger partial charge < -0.3 is 5.32 Å². The van der Waals surface area contributed by atoms with Crippen LogP contribution in [0.4, 0.5) is 11.4 Å². The van der Waals surface area contributed by atoms with Crippen molar-refractivity contribution in [2.45, 2.75) is 18.7 Å². The lowest BCUT2D eigenvalue weighted by Crippen LogP contribution is -2.26. The number of anilines is 2. The van der Waals surface area contributed by atoms with Gasteiger partial charge in [0.1, 0.15) is 0 Å². The lowest BCUT2D eigenvalue weighted by Gasteiger charge is -2.20. The van der Waals surface area contributed by atoms with Crippen LogP contribution in [-0.4, -0.2) is 21.4 Å². The maximum Gasteiger partial charge on any atom is 0.264 e. The Morgan fingerprint density at radius 1 is 1.21 bits per heavy atom. The molecule has 0 fully saturated rings. The van der Waals surface area contributed by atoms with E-state index < -0.39 is 10.0 Å². The molecule has 6 heteroatoms. The highest BCUT2D eigenvalue weighted by Crippen LogP contribution is 2.26. The molecular weight excluding hydrogens is 324 g/mol. The highest BCUT2D eigenvalue weighted by molar-refractivity contribution is 7.92. The molecule has 0 unspecified atom stereocenters. The molecular formula is C18H18N2O3S. The molecule has 0 bridgehead atoms. The summed E-state index contributed by atoms with van der Waals surface area (Å²) in [5, 5.41) is 2.63. The van der Waals surface area contributed by atoms with Crippen LogP contribution < -0.4 is 9.62 Å². The largest absolute Gasteiger partial charge is 0.326 e. The van der Waals surface area contributed by atoms with Gasteiger partial charge >= 0.3 is 0 Å². The van der Waals surface area contributed by atoms with Gasteiger partial charge in [-0.3, -0.25) is 9.10 Å². The molecule has 1 amide bonds. The second kappa shape index (κ2) is 6.77. The van der Waals surface area contributed by atoms with Crippen LogP contribution >= 0.6 is 0 Å². The number of amides is 1. The third-order valence-corrected chi connectivity index (χ3v) is 5.34. The number of terminal acetylenes is 1. The second-order valence-electron chi connectivity index (χ2n) is 5.33. The first kappa shape index (κ1) is 17.6. The first-order valence-electron chi connectivity index (χ1n) is 7.19. The number of nitrogens with zero attached hydrogens (tertiary/aromatic N) is 1. The summed E-state index contributed by atoms with van der Waals surface area (Å²) in [6, 6.07) is 11.3. The van der Waals surface area contributed by atoms with Gasteiger partial charge in [-0.25, -0.2) is 8.42 Å². The highest BCUT2D eigenvalue weighted by atomic mass is 32.2. The molecule has 0 radical (unpaired) electrons. The molecule has 0 atom stereocenters. The topological polar surface area (TPSA) is 66.5 Å². The molecule has 0 spiro atoms. The first-order valence-corrected chi connectivity index (χ1v) is 8.63. The Hall–Kier alpha value is -2.78. The number of hydrogen-bond donors (Lipinski definition) is 1. The van der Waals surface area contributed by atoms with Gasteiger partial charge in [-0.2, -0.15) is 0 Å². The average Bonchev–Trinajstić information content (AvgIpc) is 2.55. The fraction of sp³-hybridized carbons (Fsp3) is 0.167. The molecule has 0 saturated heterocycles. The van der Waals surface area contributed by atoms with Gasteiger partial charge in [0.05, 0.1) is 10.6 Å². The third kappa shape index (κ3) is 3.58. The van der Waals surface area contributed by atoms with E-state index in [9.17, 15) is 13.2 Å². The van der Waals surface area contributed by atoms with Crippen LogP contribution in [-0.2, 0) is 14.8 Å². The van der Waals surface area contributed by atoms with E-state index in [0.717, 1.165) is 9.87 Å².